The van der Waals surface area contributed by atoms with Crippen LogP contribution in [0.2, 0.25) is 0 Å². The van der Waals surface area contributed by atoms with Crippen molar-refractivity contribution in [3.05, 3.63) is 59.6 Å². The molecule has 0 aliphatic heterocycles. The highest BCUT2D eigenvalue weighted by Gasteiger charge is 2.19. The maximum absolute atomic E-state index is 13.4. The quantitative estimate of drug-likeness (QED) is 0.468. The molecule has 1 unspecified atom stereocenters. The van der Waals surface area contributed by atoms with Gasteiger partial charge in [0.1, 0.15) is 17.1 Å². The molecule has 0 saturated carbocycles. The number of aryl methyl sites for hydroxylation is 1. The van der Waals surface area contributed by atoms with Crippen LogP contribution in [0.1, 0.15) is 45.2 Å². The first-order valence-corrected chi connectivity index (χ1v) is 10.3. The first-order chi connectivity index (χ1) is 14.3. The predicted molar refractivity (Wildman–Crippen MR) is 119 cm³/mol. The molecule has 1 aromatic heterocycles. The first-order valence-electron chi connectivity index (χ1n) is 10.3. The molecule has 1 N–H and O–H groups in total. The Morgan fingerprint density at radius 1 is 1.27 bits per heavy atom. The minimum Gasteiger partial charge on any atom is -0.493 e. The van der Waals surface area contributed by atoms with Crippen LogP contribution in [0.25, 0.3) is 27.7 Å². The topological polar surface area (TPSA) is 51.5 Å². The smallest absolute Gasteiger partial charge is 0.244 e. The molecule has 0 fully saturated rings. The van der Waals surface area contributed by atoms with Crippen LogP contribution in [0.3, 0.4) is 0 Å². The summed E-state index contributed by atoms with van der Waals surface area (Å²) in [7, 11) is 0. The van der Waals surface area contributed by atoms with E-state index in [1.54, 1.807) is 24.5 Å². The fourth-order valence-electron chi connectivity index (χ4n) is 3.45. The Kier molecular flexibility index (Phi) is 6.60. The van der Waals surface area contributed by atoms with E-state index in [0.717, 1.165) is 45.2 Å². The molecule has 0 aliphatic rings. The maximum Gasteiger partial charge on any atom is 0.244 e. The lowest BCUT2D eigenvalue weighted by Gasteiger charge is -2.15. The molecule has 1 atom stereocenters. The number of carbonyl (C=O) groups is 1. The summed E-state index contributed by atoms with van der Waals surface area (Å²) in [6.45, 7) is 10.3. The van der Waals surface area contributed by atoms with Crippen LogP contribution in [-0.4, -0.2) is 18.6 Å². The van der Waals surface area contributed by atoms with Gasteiger partial charge < -0.3 is 14.5 Å². The standard InChI is InChI=1S/C25H28FNO3/c1-6-16(4)27-23(28)12-15(3)20-13-21-22(18-8-10-19(26)11-9-18)14-30-25(21)17(5)24(20)29-7-2/h8-14,16H,6-7H2,1-5H3,(H,27,28)/b15-12+. The van der Waals surface area contributed by atoms with Crippen LogP contribution in [0, 0.1) is 12.7 Å². The third kappa shape index (κ3) is 4.40. The van der Waals surface area contributed by atoms with Crippen LogP contribution >= 0.6 is 0 Å². The van der Waals surface area contributed by atoms with Gasteiger partial charge >= 0.3 is 0 Å². The summed E-state index contributed by atoms with van der Waals surface area (Å²) in [5.41, 5.74) is 4.96. The molecule has 0 radical (unpaired) electrons. The second kappa shape index (κ2) is 9.16. The number of rotatable bonds is 7. The highest BCUT2D eigenvalue weighted by atomic mass is 19.1. The van der Waals surface area contributed by atoms with Crippen LogP contribution in [0.15, 0.2) is 47.1 Å². The Hall–Kier alpha value is -3.08. The van der Waals surface area contributed by atoms with E-state index in [1.165, 1.54) is 12.1 Å². The maximum atomic E-state index is 13.4. The number of allylic oxidation sites excluding steroid dienone is 1. The van der Waals surface area contributed by atoms with Crippen molar-refractivity contribution >= 4 is 22.4 Å². The molecule has 0 saturated heterocycles. The molecule has 158 valence electrons. The first kappa shape index (κ1) is 21.6. The number of halogens is 1. The Morgan fingerprint density at radius 3 is 2.60 bits per heavy atom. The number of nitrogens with one attached hydrogen (secondary N) is 1. The predicted octanol–water partition coefficient (Wildman–Crippen LogP) is 6.26. The molecule has 2 aromatic carbocycles. The van der Waals surface area contributed by atoms with E-state index in [2.05, 4.69) is 5.32 Å². The summed E-state index contributed by atoms with van der Waals surface area (Å²) in [4.78, 5) is 12.4. The average molecular weight is 410 g/mol. The second-order valence-electron chi connectivity index (χ2n) is 7.49. The Labute approximate surface area is 176 Å². The van der Waals surface area contributed by atoms with Gasteiger partial charge in [-0.2, -0.15) is 0 Å². The van der Waals surface area contributed by atoms with Gasteiger partial charge in [0, 0.05) is 34.2 Å². The number of benzene rings is 2. The largest absolute Gasteiger partial charge is 0.493 e. The molecular formula is C25H28FNO3. The number of amides is 1. The Balaban J connectivity index is 2.14. The minimum absolute atomic E-state index is 0.107. The van der Waals surface area contributed by atoms with Gasteiger partial charge in [-0.05, 0) is 63.5 Å². The summed E-state index contributed by atoms with van der Waals surface area (Å²) in [6.07, 6.45) is 4.15. The number of carbonyl (C=O) groups excluding carboxylic acids is 1. The summed E-state index contributed by atoms with van der Waals surface area (Å²) >= 11 is 0. The van der Waals surface area contributed by atoms with Crippen molar-refractivity contribution in [2.45, 2.75) is 47.1 Å². The van der Waals surface area contributed by atoms with Gasteiger partial charge in [0.15, 0.2) is 0 Å². The Bertz CT molecular complexity index is 1080. The van der Waals surface area contributed by atoms with Gasteiger partial charge in [-0.15, -0.1) is 0 Å². The number of ether oxygens (including phenoxy) is 1. The fraction of sp³-hybridized carbons (Fsp3) is 0.320. The third-order valence-electron chi connectivity index (χ3n) is 5.26. The number of hydrogen-bond donors (Lipinski definition) is 1. The van der Waals surface area contributed by atoms with Crippen molar-refractivity contribution < 1.29 is 18.3 Å². The summed E-state index contributed by atoms with van der Waals surface area (Å²) < 4.78 is 25.2. The SMILES string of the molecule is CCOc1c(/C(C)=C/C(=O)NC(C)CC)cc2c(-c3ccc(F)cc3)coc2c1C. The zero-order valence-electron chi connectivity index (χ0n) is 18.1. The molecule has 1 heterocycles. The van der Waals surface area contributed by atoms with Gasteiger partial charge in [-0.1, -0.05) is 19.1 Å². The van der Waals surface area contributed by atoms with E-state index in [1.807, 2.05) is 40.7 Å². The van der Waals surface area contributed by atoms with Gasteiger partial charge in [0.25, 0.3) is 0 Å². The fourth-order valence-corrected chi connectivity index (χ4v) is 3.45. The van der Waals surface area contributed by atoms with Crippen molar-refractivity contribution in [3.63, 3.8) is 0 Å². The zero-order chi connectivity index (χ0) is 21.8. The molecule has 5 heteroatoms. The highest BCUT2D eigenvalue weighted by Crippen LogP contribution is 2.40. The van der Waals surface area contributed by atoms with Crippen molar-refractivity contribution in [2.75, 3.05) is 6.61 Å². The minimum atomic E-state index is -0.284. The molecular weight excluding hydrogens is 381 g/mol. The molecule has 4 nitrogen and oxygen atoms in total. The summed E-state index contributed by atoms with van der Waals surface area (Å²) in [6, 6.07) is 8.41. The van der Waals surface area contributed by atoms with Crippen LogP contribution in [-0.2, 0) is 4.79 Å². The van der Waals surface area contributed by atoms with E-state index in [9.17, 15) is 9.18 Å². The van der Waals surface area contributed by atoms with Crippen molar-refractivity contribution in [1.29, 1.82) is 0 Å². The number of furan rings is 1. The van der Waals surface area contributed by atoms with E-state index >= 15 is 0 Å². The lowest BCUT2D eigenvalue weighted by molar-refractivity contribution is -0.117. The lowest BCUT2D eigenvalue weighted by atomic mass is 9.96. The van der Waals surface area contributed by atoms with E-state index in [0.29, 0.717) is 12.4 Å². The molecule has 1 amide bonds. The molecule has 3 rings (SSSR count). The van der Waals surface area contributed by atoms with Gasteiger partial charge in [0.2, 0.25) is 5.91 Å². The molecule has 3 aromatic rings. The van der Waals surface area contributed by atoms with Crippen molar-refractivity contribution in [2.24, 2.45) is 0 Å². The normalized spacial score (nSPS) is 12.8. The van der Waals surface area contributed by atoms with Gasteiger partial charge in [-0.25, -0.2) is 4.39 Å². The average Bonchev–Trinajstić information content (AvgIpc) is 3.14. The number of fused-ring (bicyclic) bond motifs is 1. The lowest BCUT2D eigenvalue weighted by Crippen LogP contribution is -2.30. The van der Waals surface area contributed by atoms with Crippen molar-refractivity contribution in [3.8, 4) is 16.9 Å². The van der Waals surface area contributed by atoms with Crippen LogP contribution < -0.4 is 10.1 Å². The van der Waals surface area contributed by atoms with E-state index in [-0.39, 0.29) is 17.8 Å². The molecule has 0 aliphatic carbocycles. The molecule has 30 heavy (non-hydrogen) atoms. The summed E-state index contributed by atoms with van der Waals surface area (Å²) in [5, 5.41) is 3.86. The highest BCUT2D eigenvalue weighted by molar-refractivity contribution is 6.01. The molecule has 0 bridgehead atoms. The van der Waals surface area contributed by atoms with Crippen molar-refractivity contribution in [1.82, 2.24) is 5.32 Å². The Morgan fingerprint density at radius 2 is 1.97 bits per heavy atom. The molecule has 0 spiro atoms. The second-order valence-corrected chi connectivity index (χ2v) is 7.49. The van der Waals surface area contributed by atoms with Crippen LogP contribution in [0.4, 0.5) is 4.39 Å². The summed E-state index contributed by atoms with van der Waals surface area (Å²) in [5.74, 6) is 0.288. The van der Waals surface area contributed by atoms with E-state index < -0.39 is 0 Å². The number of hydrogen-bond acceptors (Lipinski definition) is 3. The van der Waals surface area contributed by atoms with Crippen LogP contribution in [0.5, 0.6) is 5.75 Å². The van der Waals surface area contributed by atoms with Gasteiger partial charge in [0.05, 0.1) is 12.9 Å². The van der Waals surface area contributed by atoms with E-state index in [4.69, 9.17) is 9.15 Å². The third-order valence-corrected chi connectivity index (χ3v) is 5.26. The van der Waals surface area contributed by atoms with Gasteiger partial charge in [-0.3, -0.25) is 4.79 Å². The monoisotopic (exact) mass is 409 g/mol. The zero-order valence-corrected chi connectivity index (χ0v) is 18.1.